The fraction of sp³-hybridized carbons (Fsp3) is 0.273. The minimum absolute atomic E-state index is 0.0906. The Morgan fingerprint density at radius 2 is 1.50 bits per heavy atom. The van der Waals surface area contributed by atoms with Crippen LogP contribution in [0.1, 0.15) is 33.3 Å². The first-order valence-corrected chi connectivity index (χ1v) is 14.5. The highest BCUT2D eigenvalue weighted by Crippen LogP contribution is 2.33. The van der Waals surface area contributed by atoms with Gasteiger partial charge in [0.1, 0.15) is 5.75 Å². The zero-order valence-corrected chi connectivity index (χ0v) is 24.7. The molecule has 4 aromatic rings. The standard InChI is InChI=1S/C33H34N6O5/c1-36-17-19-37(20-18-36)25-15-13-24(14-16-25)31(40)34-30-27-21-38(32(41)29(43-2)23-9-5-3-6-10-23)22-28(27)39(35-30)33(42)44-26-11-7-4-8-12-26/h3-16,29H,17-22H2,1-2H3,(H,34,35,40)/t29-/m1/s1. The van der Waals surface area contributed by atoms with Gasteiger partial charge in [-0.1, -0.05) is 48.5 Å². The fourth-order valence-corrected chi connectivity index (χ4v) is 5.52. The maximum Gasteiger partial charge on any atom is 0.440 e. The molecule has 44 heavy (non-hydrogen) atoms. The predicted octanol–water partition coefficient (Wildman–Crippen LogP) is 4.16. The molecule has 2 amide bonds. The summed E-state index contributed by atoms with van der Waals surface area (Å²) in [5.41, 5.74) is 3.25. The SMILES string of the molecule is CO[C@@H](C(=O)N1Cc2c(NC(=O)c3ccc(N4CCN(C)CC4)cc3)nn(C(=O)Oc3ccccc3)c2C1)c1ccccc1. The summed E-state index contributed by atoms with van der Waals surface area (Å²) in [5, 5.41) is 7.31. The third kappa shape index (κ3) is 6.05. The Morgan fingerprint density at radius 1 is 0.841 bits per heavy atom. The number of anilines is 2. The topological polar surface area (TPSA) is 109 Å². The van der Waals surface area contributed by atoms with E-state index in [-0.39, 0.29) is 30.7 Å². The average Bonchev–Trinajstić information content (AvgIpc) is 3.63. The smallest absolute Gasteiger partial charge is 0.409 e. The number of likely N-dealkylation sites (N-methyl/N-ethyl adjacent to an activating group) is 1. The van der Waals surface area contributed by atoms with Crippen LogP contribution in [0.5, 0.6) is 5.75 Å². The number of aromatic nitrogens is 2. The van der Waals surface area contributed by atoms with Crippen LogP contribution in [0.3, 0.4) is 0 Å². The summed E-state index contributed by atoms with van der Waals surface area (Å²) >= 11 is 0. The van der Waals surface area contributed by atoms with Crippen LogP contribution in [0.25, 0.3) is 0 Å². The lowest BCUT2D eigenvalue weighted by molar-refractivity contribution is -0.143. The van der Waals surface area contributed by atoms with E-state index >= 15 is 0 Å². The van der Waals surface area contributed by atoms with Gasteiger partial charge in [0, 0.05) is 50.1 Å². The van der Waals surface area contributed by atoms with E-state index in [1.807, 2.05) is 48.5 Å². The molecule has 0 unspecified atom stereocenters. The minimum Gasteiger partial charge on any atom is -0.409 e. The van der Waals surface area contributed by atoms with Crippen molar-refractivity contribution >= 4 is 29.4 Å². The summed E-state index contributed by atoms with van der Waals surface area (Å²) in [7, 11) is 3.59. The quantitative estimate of drug-likeness (QED) is 0.340. The molecule has 11 nitrogen and oxygen atoms in total. The molecule has 2 aliphatic heterocycles. The number of carbonyl (C=O) groups is 3. The van der Waals surface area contributed by atoms with Gasteiger partial charge < -0.3 is 29.5 Å². The Kier molecular flexibility index (Phi) is 8.40. The van der Waals surface area contributed by atoms with E-state index in [1.54, 1.807) is 41.3 Å². The van der Waals surface area contributed by atoms with E-state index < -0.39 is 12.2 Å². The van der Waals surface area contributed by atoms with Crippen LogP contribution < -0.4 is 15.0 Å². The molecule has 226 valence electrons. The van der Waals surface area contributed by atoms with E-state index in [0.717, 1.165) is 42.1 Å². The highest BCUT2D eigenvalue weighted by atomic mass is 16.6. The van der Waals surface area contributed by atoms with Crippen LogP contribution in [0.4, 0.5) is 16.3 Å². The van der Waals surface area contributed by atoms with Crippen LogP contribution in [0.2, 0.25) is 0 Å². The van der Waals surface area contributed by atoms with Crippen LogP contribution in [-0.4, -0.2) is 77.8 Å². The highest BCUT2D eigenvalue weighted by molar-refractivity contribution is 6.04. The van der Waals surface area contributed by atoms with Gasteiger partial charge >= 0.3 is 6.09 Å². The van der Waals surface area contributed by atoms with E-state index in [9.17, 15) is 14.4 Å². The maximum absolute atomic E-state index is 13.6. The summed E-state index contributed by atoms with van der Waals surface area (Å²) in [4.78, 5) is 46.4. The summed E-state index contributed by atoms with van der Waals surface area (Å²) < 4.78 is 12.2. The highest BCUT2D eigenvalue weighted by Gasteiger charge is 2.36. The number of hydrogen-bond donors (Lipinski definition) is 1. The Balaban J connectivity index is 1.24. The summed E-state index contributed by atoms with van der Waals surface area (Å²) in [5.74, 6) is -0.0957. The Bertz CT molecular complexity index is 1630. The maximum atomic E-state index is 13.6. The van der Waals surface area contributed by atoms with E-state index in [0.29, 0.717) is 22.6 Å². The predicted molar refractivity (Wildman–Crippen MR) is 165 cm³/mol. The second-order valence-electron chi connectivity index (χ2n) is 10.9. The van der Waals surface area contributed by atoms with Gasteiger partial charge in [0.25, 0.3) is 11.8 Å². The van der Waals surface area contributed by atoms with E-state index in [1.165, 1.54) is 7.11 Å². The second kappa shape index (κ2) is 12.7. The number of ether oxygens (including phenoxy) is 2. The molecule has 0 radical (unpaired) electrons. The van der Waals surface area contributed by atoms with Crippen LogP contribution in [0, 0.1) is 0 Å². The Morgan fingerprint density at radius 3 is 2.16 bits per heavy atom. The lowest BCUT2D eigenvalue weighted by atomic mass is 10.1. The number of piperazine rings is 1. The molecule has 1 N–H and O–H groups in total. The van der Waals surface area contributed by atoms with Crippen LogP contribution in [-0.2, 0) is 22.6 Å². The van der Waals surface area contributed by atoms with Crippen molar-refractivity contribution in [2.24, 2.45) is 0 Å². The van der Waals surface area contributed by atoms with Gasteiger partial charge in [0.2, 0.25) is 0 Å². The molecule has 11 heteroatoms. The van der Waals surface area contributed by atoms with Crippen molar-refractivity contribution in [3.8, 4) is 5.75 Å². The summed E-state index contributed by atoms with van der Waals surface area (Å²) in [6.07, 6.45) is -1.57. The normalized spacial score (nSPS) is 15.5. The number of fused-ring (bicyclic) bond motifs is 1. The average molecular weight is 595 g/mol. The van der Waals surface area contributed by atoms with Gasteiger partial charge in [-0.2, -0.15) is 4.68 Å². The van der Waals surface area contributed by atoms with Crippen molar-refractivity contribution in [1.82, 2.24) is 19.6 Å². The number of para-hydroxylation sites is 1. The lowest BCUT2D eigenvalue weighted by Crippen LogP contribution is -2.44. The molecule has 1 saturated heterocycles. The van der Waals surface area contributed by atoms with Crippen molar-refractivity contribution in [3.63, 3.8) is 0 Å². The molecule has 1 fully saturated rings. The molecule has 3 aromatic carbocycles. The molecule has 0 bridgehead atoms. The van der Waals surface area contributed by atoms with Crippen molar-refractivity contribution in [2.75, 3.05) is 50.6 Å². The molecule has 0 aliphatic carbocycles. The molecule has 1 atom stereocenters. The number of benzene rings is 3. The number of methoxy groups -OCH3 is 1. The summed E-state index contributed by atoms with van der Waals surface area (Å²) in [6.45, 7) is 4.05. The zero-order chi connectivity index (χ0) is 30.6. The van der Waals surface area contributed by atoms with Gasteiger partial charge in [-0.15, -0.1) is 5.10 Å². The summed E-state index contributed by atoms with van der Waals surface area (Å²) in [6, 6.07) is 25.3. The van der Waals surface area contributed by atoms with Crippen molar-refractivity contribution in [1.29, 1.82) is 0 Å². The van der Waals surface area contributed by atoms with E-state index in [4.69, 9.17) is 9.47 Å². The largest absolute Gasteiger partial charge is 0.440 e. The third-order valence-corrected chi connectivity index (χ3v) is 8.00. The third-order valence-electron chi connectivity index (χ3n) is 8.00. The zero-order valence-electron chi connectivity index (χ0n) is 24.7. The monoisotopic (exact) mass is 594 g/mol. The number of nitrogens with one attached hydrogen (secondary N) is 1. The van der Waals surface area contributed by atoms with Gasteiger partial charge in [0.15, 0.2) is 11.9 Å². The van der Waals surface area contributed by atoms with Crippen molar-refractivity contribution in [3.05, 3.63) is 107 Å². The van der Waals surface area contributed by atoms with Gasteiger partial charge in [-0.05, 0) is 49.0 Å². The van der Waals surface area contributed by atoms with Gasteiger partial charge in [-0.3, -0.25) is 9.59 Å². The molecule has 1 aromatic heterocycles. The molecule has 0 saturated carbocycles. The number of hydrogen-bond acceptors (Lipinski definition) is 8. The number of rotatable bonds is 7. The van der Waals surface area contributed by atoms with Crippen LogP contribution >= 0.6 is 0 Å². The van der Waals surface area contributed by atoms with Gasteiger partial charge in [-0.25, -0.2) is 4.79 Å². The Hall–Kier alpha value is -5.00. The Labute approximate surface area is 255 Å². The molecule has 0 spiro atoms. The van der Waals surface area contributed by atoms with Crippen molar-refractivity contribution in [2.45, 2.75) is 19.2 Å². The van der Waals surface area contributed by atoms with Crippen LogP contribution in [0.15, 0.2) is 84.9 Å². The van der Waals surface area contributed by atoms with E-state index in [2.05, 4.69) is 27.3 Å². The lowest BCUT2D eigenvalue weighted by Gasteiger charge is -2.34. The molecule has 2 aliphatic rings. The number of nitrogens with zero attached hydrogens (tertiary/aromatic N) is 5. The first-order chi connectivity index (χ1) is 21.4. The molecular formula is C33H34N6O5. The second-order valence-corrected chi connectivity index (χ2v) is 10.9. The van der Waals surface area contributed by atoms with Crippen molar-refractivity contribution < 1.29 is 23.9 Å². The molecular weight excluding hydrogens is 560 g/mol. The number of amides is 2. The molecule has 3 heterocycles. The minimum atomic E-state index is -0.824. The van der Waals surface area contributed by atoms with Gasteiger partial charge in [0.05, 0.1) is 18.8 Å². The fourth-order valence-electron chi connectivity index (χ4n) is 5.52. The first kappa shape index (κ1) is 29.1. The molecule has 6 rings (SSSR count). The number of carbonyl (C=O) groups excluding carboxylic acids is 3. The first-order valence-electron chi connectivity index (χ1n) is 14.5.